The molecular formula is C8H13NO5S. The molecule has 1 aliphatic heterocycles. The SMILES string of the molecule is CC(=O)NC1(CC(=O)O)CCS(=O)(=O)C1. The fraction of sp³-hybridized carbons (Fsp3) is 0.750. The number of amides is 1. The summed E-state index contributed by atoms with van der Waals surface area (Å²) in [6.45, 7) is 1.24. The highest BCUT2D eigenvalue weighted by Crippen LogP contribution is 2.26. The van der Waals surface area contributed by atoms with Crippen molar-refractivity contribution < 1.29 is 23.1 Å². The third-order valence-electron chi connectivity index (χ3n) is 2.32. The van der Waals surface area contributed by atoms with E-state index >= 15 is 0 Å². The Labute approximate surface area is 87.6 Å². The van der Waals surface area contributed by atoms with Crippen molar-refractivity contribution in [2.45, 2.75) is 25.3 Å². The predicted octanol–water partition coefficient (Wildman–Crippen LogP) is -0.845. The molecule has 0 aliphatic carbocycles. The standard InChI is InChI=1S/C8H13NO5S/c1-6(10)9-8(4-7(11)12)2-3-15(13,14)5-8/h2-5H2,1H3,(H,9,10)(H,11,12). The highest BCUT2D eigenvalue weighted by atomic mass is 32.2. The Morgan fingerprint density at radius 3 is 2.40 bits per heavy atom. The first kappa shape index (κ1) is 12.0. The van der Waals surface area contributed by atoms with Crippen molar-refractivity contribution in [1.82, 2.24) is 5.32 Å². The van der Waals surface area contributed by atoms with Gasteiger partial charge in [-0.2, -0.15) is 0 Å². The third-order valence-corrected chi connectivity index (χ3v) is 4.14. The summed E-state index contributed by atoms with van der Waals surface area (Å²) < 4.78 is 22.5. The minimum absolute atomic E-state index is 0.0689. The average molecular weight is 235 g/mol. The Bertz CT molecular complexity index is 370. The summed E-state index contributed by atoms with van der Waals surface area (Å²) in [5.41, 5.74) is -1.11. The summed E-state index contributed by atoms with van der Waals surface area (Å²) >= 11 is 0. The predicted molar refractivity (Wildman–Crippen MR) is 52.1 cm³/mol. The minimum atomic E-state index is -3.22. The smallest absolute Gasteiger partial charge is 0.305 e. The van der Waals surface area contributed by atoms with Gasteiger partial charge in [0.05, 0.1) is 23.5 Å². The Balaban J connectivity index is 2.89. The Morgan fingerprint density at radius 2 is 2.07 bits per heavy atom. The lowest BCUT2D eigenvalue weighted by Gasteiger charge is -2.26. The first-order chi connectivity index (χ1) is 6.75. The Hall–Kier alpha value is -1.11. The van der Waals surface area contributed by atoms with Crippen molar-refractivity contribution >= 4 is 21.7 Å². The van der Waals surface area contributed by atoms with E-state index in [1.807, 2.05) is 0 Å². The lowest BCUT2D eigenvalue weighted by Crippen LogP contribution is -2.50. The van der Waals surface area contributed by atoms with Crippen molar-refractivity contribution in [3.8, 4) is 0 Å². The molecule has 7 heteroatoms. The second-order valence-electron chi connectivity index (χ2n) is 3.87. The molecule has 1 amide bonds. The molecule has 0 aromatic rings. The number of aliphatic carboxylic acids is 1. The maximum absolute atomic E-state index is 11.3. The lowest BCUT2D eigenvalue weighted by atomic mass is 9.94. The van der Waals surface area contributed by atoms with E-state index in [0.717, 1.165) is 0 Å². The average Bonchev–Trinajstić information content (AvgIpc) is 2.22. The second kappa shape index (κ2) is 3.80. The summed E-state index contributed by atoms with van der Waals surface area (Å²) in [5.74, 6) is -1.87. The largest absolute Gasteiger partial charge is 0.481 e. The van der Waals surface area contributed by atoms with E-state index in [0.29, 0.717) is 0 Å². The topological polar surface area (TPSA) is 101 Å². The zero-order valence-corrected chi connectivity index (χ0v) is 9.13. The van der Waals surface area contributed by atoms with E-state index in [-0.39, 0.29) is 24.3 Å². The van der Waals surface area contributed by atoms with E-state index in [2.05, 4.69) is 5.32 Å². The number of carbonyl (C=O) groups excluding carboxylic acids is 1. The van der Waals surface area contributed by atoms with Gasteiger partial charge < -0.3 is 10.4 Å². The van der Waals surface area contributed by atoms with Gasteiger partial charge in [0.25, 0.3) is 0 Å². The number of hydrogen-bond acceptors (Lipinski definition) is 4. The second-order valence-corrected chi connectivity index (χ2v) is 6.06. The van der Waals surface area contributed by atoms with Crippen LogP contribution in [0.2, 0.25) is 0 Å². The molecule has 1 aliphatic rings. The molecule has 1 saturated heterocycles. The van der Waals surface area contributed by atoms with Crippen molar-refractivity contribution in [2.75, 3.05) is 11.5 Å². The van der Waals surface area contributed by atoms with Gasteiger partial charge in [-0.15, -0.1) is 0 Å². The molecule has 86 valence electrons. The van der Waals surface area contributed by atoms with E-state index in [1.54, 1.807) is 0 Å². The van der Waals surface area contributed by atoms with Gasteiger partial charge in [-0.05, 0) is 6.42 Å². The quantitative estimate of drug-likeness (QED) is 0.664. The first-order valence-corrected chi connectivity index (χ1v) is 6.28. The molecule has 1 rings (SSSR count). The molecule has 1 fully saturated rings. The summed E-state index contributed by atoms with van der Waals surface area (Å²) in [5, 5.41) is 11.1. The van der Waals surface area contributed by atoms with Crippen LogP contribution in [0, 0.1) is 0 Å². The summed E-state index contributed by atoms with van der Waals surface area (Å²) in [7, 11) is -3.22. The lowest BCUT2D eigenvalue weighted by molar-refractivity contribution is -0.138. The number of carbonyl (C=O) groups is 2. The highest BCUT2D eigenvalue weighted by molar-refractivity contribution is 7.91. The molecule has 1 atom stereocenters. The van der Waals surface area contributed by atoms with Crippen LogP contribution in [0.5, 0.6) is 0 Å². The molecule has 6 nitrogen and oxygen atoms in total. The van der Waals surface area contributed by atoms with Crippen LogP contribution in [0.25, 0.3) is 0 Å². The summed E-state index contributed by atoms with van der Waals surface area (Å²) in [6.07, 6.45) is -0.187. The molecule has 15 heavy (non-hydrogen) atoms. The van der Waals surface area contributed by atoms with E-state index in [1.165, 1.54) is 6.92 Å². The molecular weight excluding hydrogens is 222 g/mol. The van der Waals surface area contributed by atoms with Gasteiger partial charge in [0.15, 0.2) is 9.84 Å². The third kappa shape index (κ3) is 3.19. The number of carboxylic acid groups (broad SMARTS) is 1. The number of hydrogen-bond donors (Lipinski definition) is 2. The van der Waals surface area contributed by atoms with Gasteiger partial charge in [-0.25, -0.2) is 8.42 Å². The van der Waals surface area contributed by atoms with E-state index < -0.39 is 27.3 Å². The summed E-state index contributed by atoms with van der Waals surface area (Å²) in [6, 6.07) is 0. The van der Waals surface area contributed by atoms with Crippen LogP contribution in [0.1, 0.15) is 19.8 Å². The Morgan fingerprint density at radius 1 is 1.47 bits per heavy atom. The monoisotopic (exact) mass is 235 g/mol. The fourth-order valence-corrected chi connectivity index (χ4v) is 3.87. The van der Waals surface area contributed by atoms with Gasteiger partial charge in [-0.3, -0.25) is 9.59 Å². The molecule has 2 N–H and O–H groups in total. The normalized spacial score (nSPS) is 28.6. The fourth-order valence-electron chi connectivity index (χ4n) is 1.86. The molecule has 0 spiro atoms. The van der Waals surface area contributed by atoms with Crippen LogP contribution in [0.15, 0.2) is 0 Å². The number of nitrogens with one attached hydrogen (secondary N) is 1. The number of sulfone groups is 1. The van der Waals surface area contributed by atoms with Gasteiger partial charge >= 0.3 is 5.97 Å². The first-order valence-electron chi connectivity index (χ1n) is 4.46. The van der Waals surface area contributed by atoms with Crippen molar-refractivity contribution in [1.29, 1.82) is 0 Å². The van der Waals surface area contributed by atoms with Crippen LogP contribution in [0.4, 0.5) is 0 Å². The molecule has 1 unspecified atom stereocenters. The van der Waals surface area contributed by atoms with Crippen LogP contribution < -0.4 is 5.32 Å². The molecule has 0 bridgehead atoms. The highest BCUT2D eigenvalue weighted by Gasteiger charge is 2.44. The van der Waals surface area contributed by atoms with Gasteiger partial charge in [-0.1, -0.05) is 0 Å². The molecule has 0 aromatic carbocycles. The maximum Gasteiger partial charge on any atom is 0.305 e. The zero-order valence-electron chi connectivity index (χ0n) is 8.32. The van der Waals surface area contributed by atoms with Crippen molar-refractivity contribution in [2.24, 2.45) is 0 Å². The zero-order chi connectivity index (χ0) is 11.7. The maximum atomic E-state index is 11.3. The van der Waals surface area contributed by atoms with Crippen LogP contribution in [0.3, 0.4) is 0 Å². The Kier molecular flexibility index (Phi) is 3.03. The molecule has 0 saturated carbocycles. The molecule has 0 radical (unpaired) electrons. The number of carboxylic acids is 1. The van der Waals surface area contributed by atoms with Crippen LogP contribution in [-0.2, 0) is 19.4 Å². The van der Waals surface area contributed by atoms with Crippen LogP contribution in [-0.4, -0.2) is 42.4 Å². The van der Waals surface area contributed by atoms with Gasteiger partial charge in [0, 0.05) is 6.92 Å². The number of rotatable bonds is 3. The molecule has 1 heterocycles. The van der Waals surface area contributed by atoms with Crippen molar-refractivity contribution in [3.63, 3.8) is 0 Å². The van der Waals surface area contributed by atoms with E-state index in [4.69, 9.17) is 5.11 Å². The van der Waals surface area contributed by atoms with Crippen molar-refractivity contribution in [3.05, 3.63) is 0 Å². The van der Waals surface area contributed by atoms with Gasteiger partial charge in [0.1, 0.15) is 0 Å². The van der Waals surface area contributed by atoms with E-state index in [9.17, 15) is 18.0 Å². The summed E-state index contributed by atoms with van der Waals surface area (Å²) in [4.78, 5) is 21.5. The van der Waals surface area contributed by atoms with Gasteiger partial charge in [0.2, 0.25) is 5.91 Å². The molecule has 0 aromatic heterocycles. The van der Waals surface area contributed by atoms with Crippen LogP contribution >= 0.6 is 0 Å². The minimum Gasteiger partial charge on any atom is -0.481 e.